The molecule has 4 atom stereocenters. The Bertz CT molecular complexity index is 849. The molecule has 0 aliphatic carbocycles. The summed E-state index contributed by atoms with van der Waals surface area (Å²) in [5.74, 6) is 0.311. The third kappa shape index (κ3) is 4.28. The Kier molecular flexibility index (Phi) is 5.55. The zero-order chi connectivity index (χ0) is 20.4. The van der Waals surface area contributed by atoms with Crippen LogP contribution in [0, 0.1) is 0 Å². The van der Waals surface area contributed by atoms with Gasteiger partial charge in [-0.3, -0.25) is 10.1 Å². The van der Waals surface area contributed by atoms with Gasteiger partial charge in [0.05, 0.1) is 25.5 Å². The molecule has 2 aliphatic heterocycles. The average Bonchev–Trinajstić information content (AvgIpc) is 3.42. The highest BCUT2D eigenvalue weighted by atomic mass is 16.6. The molecule has 0 spiro atoms. The van der Waals surface area contributed by atoms with E-state index in [1.54, 1.807) is 12.1 Å². The van der Waals surface area contributed by atoms with Crippen molar-refractivity contribution in [2.75, 3.05) is 18.5 Å². The monoisotopic (exact) mass is 400 g/mol. The van der Waals surface area contributed by atoms with Crippen molar-refractivity contribution in [3.05, 3.63) is 54.0 Å². The Morgan fingerprint density at radius 3 is 2.52 bits per heavy atom. The second-order valence-electron chi connectivity index (χ2n) is 7.50. The van der Waals surface area contributed by atoms with Crippen LogP contribution in [0.3, 0.4) is 0 Å². The van der Waals surface area contributed by atoms with Gasteiger partial charge in [0.25, 0.3) is 5.91 Å². The summed E-state index contributed by atoms with van der Waals surface area (Å²) in [7, 11) is 0. The number of nitrogens with one attached hydrogen (secondary N) is 2. The number of amides is 2. The molecule has 8 nitrogen and oxygen atoms in total. The summed E-state index contributed by atoms with van der Waals surface area (Å²) in [6, 6.07) is 10.5. The number of hydrogen-bond donors (Lipinski definition) is 2. The first-order valence-electron chi connectivity index (χ1n) is 9.66. The van der Waals surface area contributed by atoms with Crippen molar-refractivity contribution in [2.45, 2.75) is 44.1 Å². The number of rotatable bonds is 5. The van der Waals surface area contributed by atoms with Gasteiger partial charge in [-0.2, -0.15) is 0 Å². The number of benzene rings is 1. The van der Waals surface area contributed by atoms with E-state index in [4.69, 9.17) is 18.6 Å². The van der Waals surface area contributed by atoms with Crippen LogP contribution in [0.1, 0.15) is 35.9 Å². The smallest absolute Gasteiger partial charge is 0.412 e. The van der Waals surface area contributed by atoms with Gasteiger partial charge in [-0.1, -0.05) is 26.0 Å². The lowest BCUT2D eigenvalue weighted by molar-refractivity contribution is 0.00860. The first-order chi connectivity index (χ1) is 14.0. The van der Waals surface area contributed by atoms with Crippen LogP contribution in [0.25, 0.3) is 0 Å². The average molecular weight is 400 g/mol. The summed E-state index contributed by atoms with van der Waals surface area (Å²) in [6.07, 6.45) is -0.472. The minimum absolute atomic E-state index is 0.210. The highest BCUT2D eigenvalue weighted by Gasteiger charge is 2.50. The predicted molar refractivity (Wildman–Crippen MR) is 104 cm³/mol. The Hall–Kier alpha value is -2.84. The van der Waals surface area contributed by atoms with Crippen molar-refractivity contribution in [2.24, 2.45) is 0 Å². The van der Waals surface area contributed by atoms with Crippen LogP contribution in [0.5, 0.6) is 0 Å². The Balaban J connectivity index is 1.30. The quantitative estimate of drug-likeness (QED) is 0.801. The largest absolute Gasteiger partial charge is 0.459 e. The molecule has 2 aliphatic rings. The lowest BCUT2D eigenvalue weighted by atomic mass is 10.0. The number of fused-ring (bicyclic) bond motifs is 1. The number of ether oxygens (including phenoxy) is 3. The van der Waals surface area contributed by atoms with E-state index in [9.17, 15) is 9.59 Å². The number of carbonyl (C=O) groups excluding carboxylic acids is 2. The molecule has 29 heavy (non-hydrogen) atoms. The van der Waals surface area contributed by atoms with Crippen LogP contribution in [-0.4, -0.2) is 49.6 Å². The second-order valence-corrected chi connectivity index (χ2v) is 7.50. The van der Waals surface area contributed by atoms with Crippen LogP contribution in [0.15, 0.2) is 47.1 Å². The zero-order valence-electron chi connectivity index (χ0n) is 16.3. The first-order valence-corrected chi connectivity index (χ1v) is 9.66. The van der Waals surface area contributed by atoms with Gasteiger partial charge < -0.3 is 23.9 Å². The maximum Gasteiger partial charge on any atom is 0.412 e. The molecule has 154 valence electrons. The van der Waals surface area contributed by atoms with Gasteiger partial charge in [0.2, 0.25) is 0 Å². The summed E-state index contributed by atoms with van der Waals surface area (Å²) >= 11 is 0. The van der Waals surface area contributed by atoms with Crippen molar-refractivity contribution < 1.29 is 28.2 Å². The van der Waals surface area contributed by atoms with E-state index < -0.39 is 18.3 Å². The molecule has 2 fully saturated rings. The highest BCUT2D eigenvalue weighted by molar-refractivity contribution is 5.91. The Labute approximate surface area is 168 Å². The summed E-state index contributed by atoms with van der Waals surface area (Å²) in [5, 5.41) is 5.56. The maximum absolute atomic E-state index is 12.3. The fourth-order valence-corrected chi connectivity index (χ4v) is 3.57. The summed E-state index contributed by atoms with van der Waals surface area (Å²) in [6.45, 7) is 4.71. The summed E-state index contributed by atoms with van der Waals surface area (Å²) in [5.41, 5.74) is 1.85. The molecule has 2 saturated heterocycles. The molecular weight excluding hydrogens is 376 g/mol. The number of anilines is 1. The Morgan fingerprint density at radius 1 is 1.07 bits per heavy atom. The van der Waals surface area contributed by atoms with Gasteiger partial charge in [0.15, 0.2) is 11.9 Å². The number of furan rings is 1. The number of hydrogen-bond acceptors (Lipinski definition) is 6. The minimum atomic E-state index is -0.566. The zero-order valence-corrected chi connectivity index (χ0v) is 16.3. The Morgan fingerprint density at radius 2 is 1.83 bits per heavy atom. The number of carbonyl (C=O) groups is 2. The molecule has 2 aromatic rings. The van der Waals surface area contributed by atoms with Crippen LogP contribution >= 0.6 is 0 Å². The minimum Gasteiger partial charge on any atom is -0.459 e. The molecule has 2 amide bonds. The van der Waals surface area contributed by atoms with Gasteiger partial charge in [-0.05, 0) is 35.7 Å². The van der Waals surface area contributed by atoms with Crippen molar-refractivity contribution >= 4 is 17.7 Å². The fraction of sp³-hybridized carbons (Fsp3) is 0.429. The molecule has 0 bridgehead atoms. The van der Waals surface area contributed by atoms with Crippen molar-refractivity contribution in [1.82, 2.24) is 5.32 Å². The van der Waals surface area contributed by atoms with E-state index in [2.05, 4.69) is 24.5 Å². The predicted octanol–water partition coefficient (Wildman–Crippen LogP) is 2.92. The van der Waals surface area contributed by atoms with E-state index in [0.29, 0.717) is 11.6 Å². The molecule has 0 saturated carbocycles. The molecule has 8 heteroatoms. The summed E-state index contributed by atoms with van der Waals surface area (Å²) in [4.78, 5) is 24.4. The third-order valence-corrected chi connectivity index (χ3v) is 5.15. The standard InChI is InChI=1S/C21H24N2O6/c1-12(2)13-5-7-14(8-6-13)22-21(25)29-17-11-28-18-15(10-27-19(17)18)23-20(24)16-4-3-9-26-16/h3-9,12,15,17-19H,10-11H2,1-2H3,(H,22,25)(H,23,24)/t15-,17+,18+,19+/m0/s1. The lowest BCUT2D eigenvalue weighted by Gasteiger charge is -2.18. The van der Waals surface area contributed by atoms with E-state index in [1.165, 1.54) is 11.8 Å². The molecule has 0 radical (unpaired) electrons. The van der Waals surface area contributed by atoms with E-state index in [-0.39, 0.29) is 37.0 Å². The van der Waals surface area contributed by atoms with Crippen LogP contribution < -0.4 is 10.6 Å². The van der Waals surface area contributed by atoms with Gasteiger partial charge in [0.1, 0.15) is 12.2 Å². The normalized spacial score (nSPS) is 25.6. The van der Waals surface area contributed by atoms with Crippen LogP contribution in [0.4, 0.5) is 10.5 Å². The van der Waals surface area contributed by atoms with Crippen molar-refractivity contribution in [1.29, 1.82) is 0 Å². The first kappa shape index (κ1) is 19.5. The van der Waals surface area contributed by atoms with Gasteiger partial charge >= 0.3 is 6.09 Å². The lowest BCUT2D eigenvalue weighted by Crippen LogP contribution is -2.44. The van der Waals surface area contributed by atoms with Gasteiger partial charge in [0, 0.05) is 5.69 Å². The van der Waals surface area contributed by atoms with E-state index in [0.717, 1.165) is 0 Å². The van der Waals surface area contributed by atoms with Crippen LogP contribution in [0.2, 0.25) is 0 Å². The summed E-state index contributed by atoms with van der Waals surface area (Å²) < 4.78 is 22.1. The molecule has 2 N–H and O–H groups in total. The fourth-order valence-electron chi connectivity index (χ4n) is 3.57. The van der Waals surface area contributed by atoms with E-state index in [1.807, 2.05) is 24.3 Å². The van der Waals surface area contributed by atoms with Crippen LogP contribution in [-0.2, 0) is 14.2 Å². The van der Waals surface area contributed by atoms with Crippen molar-refractivity contribution in [3.8, 4) is 0 Å². The topological polar surface area (TPSA) is 99.0 Å². The maximum atomic E-state index is 12.3. The SMILES string of the molecule is CC(C)c1ccc(NC(=O)O[C@@H]2CO[C@H]3[C@@H]2OC[C@@H]3NC(=O)c2ccco2)cc1. The molecule has 1 aromatic carbocycles. The molecular formula is C21H24N2O6. The molecule has 3 heterocycles. The third-order valence-electron chi connectivity index (χ3n) is 5.15. The van der Waals surface area contributed by atoms with E-state index >= 15 is 0 Å². The molecule has 4 rings (SSSR count). The highest BCUT2D eigenvalue weighted by Crippen LogP contribution is 2.29. The van der Waals surface area contributed by atoms with Gasteiger partial charge in [-0.25, -0.2) is 4.79 Å². The molecule has 1 aromatic heterocycles. The van der Waals surface area contributed by atoms with Crippen molar-refractivity contribution in [3.63, 3.8) is 0 Å². The van der Waals surface area contributed by atoms with Gasteiger partial charge in [-0.15, -0.1) is 0 Å². The molecule has 0 unspecified atom stereocenters. The second kappa shape index (κ2) is 8.26.